The van der Waals surface area contributed by atoms with E-state index in [2.05, 4.69) is 36.1 Å². The third-order valence-electron chi connectivity index (χ3n) is 3.43. The molecule has 0 saturated carbocycles. The Morgan fingerprint density at radius 1 is 1.47 bits per heavy atom. The summed E-state index contributed by atoms with van der Waals surface area (Å²) in [7, 11) is 2.15. The molecule has 0 spiro atoms. The van der Waals surface area contributed by atoms with Gasteiger partial charge in [0.25, 0.3) is 0 Å². The number of aromatic nitrogens is 1. The molecule has 1 aromatic heterocycles. The maximum Gasteiger partial charge on any atom is 0.185 e. The monoisotopic (exact) mass is 283 g/mol. The molecule has 0 bridgehead atoms. The van der Waals surface area contributed by atoms with Crippen molar-refractivity contribution in [1.82, 2.24) is 10.3 Å². The number of rotatable bonds is 6. The minimum atomic E-state index is 0.519. The van der Waals surface area contributed by atoms with Gasteiger partial charge in [0.1, 0.15) is 0 Å². The number of nitrogens with zero attached hydrogens (tertiary/aromatic N) is 2. The molecule has 0 unspecified atom stereocenters. The molecule has 5 heteroatoms. The van der Waals surface area contributed by atoms with Crippen molar-refractivity contribution in [2.75, 3.05) is 31.7 Å². The average molecular weight is 283 g/mol. The van der Waals surface area contributed by atoms with Gasteiger partial charge in [0.05, 0.1) is 0 Å². The predicted molar refractivity (Wildman–Crippen MR) is 80.9 cm³/mol. The Bertz CT molecular complexity index is 375. The molecule has 0 aliphatic carbocycles. The fraction of sp³-hybridized carbons (Fsp3) is 0.786. The summed E-state index contributed by atoms with van der Waals surface area (Å²) in [4.78, 5) is 8.13. The molecular weight excluding hydrogens is 258 g/mol. The maximum absolute atomic E-state index is 5.41. The Labute approximate surface area is 120 Å². The van der Waals surface area contributed by atoms with Crippen molar-refractivity contribution in [2.24, 2.45) is 5.92 Å². The standard InChI is InChI=1S/C14H25N3OS/c1-11(2)15-8-13-9-16-14(19-13)17(3)10-12-4-6-18-7-5-12/h9,11-12,15H,4-8,10H2,1-3H3. The fourth-order valence-electron chi connectivity index (χ4n) is 2.25. The molecule has 2 heterocycles. The zero-order chi connectivity index (χ0) is 13.7. The molecule has 1 saturated heterocycles. The lowest BCUT2D eigenvalue weighted by atomic mass is 10.0. The molecule has 0 radical (unpaired) electrons. The summed E-state index contributed by atoms with van der Waals surface area (Å²) in [6.07, 6.45) is 4.35. The first-order chi connectivity index (χ1) is 9.15. The zero-order valence-corrected chi connectivity index (χ0v) is 13.0. The van der Waals surface area contributed by atoms with Gasteiger partial charge in [-0.05, 0) is 18.8 Å². The van der Waals surface area contributed by atoms with Crippen molar-refractivity contribution in [3.63, 3.8) is 0 Å². The van der Waals surface area contributed by atoms with Crippen LogP contribution in [0.25, 0.3) is 0 Å². The van der Waals surface area contributed by atoms with Gasteiger partial charge >= 0.3 is 0 Å². The second-order valence-corrected chi connectivity index (χ2v) is 6.67. The zero-order valence-electron chi connectivity index (χ0n) is 12.2. The Balaban J connectivity index is 1.82. The molecule has 2 rings (SSSR count). The van der Waals surface area contributed by atoms with Gasteiger partial charge in [-0.15, -0.1) is 11.3 Å². The first kappa shape index (κ1) is 14.8. The van der Waals surface area contributed by atoms with Crippen LogP contribution in [-0.4, -0.2) is 37.8 Å². The van der Waals surface area contributed by atoms with E-state index in [4.69, 9.17) is 4.74 Å². The first-order valence-corrected chi connectivity index (χ1v) is 7.93. The van der Waals surface area contributed by atoms with E-state index in [9.17, 15) is 0 Å². The molecule has 0 aromatic carbocycles. The molecule has 108 valence electrons. The van der Waals surface area contributed by atoms with Crippen LogP contribution in [0.2, 0.25) is 0 Å². The van der Waals surface area contributed by atoms with Crippen LogP contribution in [0.15, 0.2) is 6.20 Å². The first-order valence-electron chi connectivity index (χ1n) is 7.12. The Morgan fingerprint density at radius 2 is 2.21 bits per heavy atom. The van der Waals surface area contributed by atoms with E-state index in [-0.39, 0.29) is 0 Å². The predicted octanol–water partition coefficient (Wildman–Crippen LogP) is 2.50. The summed E-state index contributed by atoms with van der Waals surface area (Å²) in [5.74, 6) is 0.750. The molecule has 4 nitrogen and oxygen atoms in total. The van der Waals surface area contributed by atoms with Crippen molar-refractivity contribution in [3.05, 3.63) is 11.1 Å². The summed E-state index contributed by atoms with van der Waals surface area (Å²) in [5, 5.41) is 4.56. The second kappa shape index (κ2) is 7.22. The lowest BCUT2D eigenvalue weighted by molar-refractivity contribution is 0.0685. The van der Waals surface area contributed by atoms with Crippen LogP contribution in [0.5, 0.6) is 0 Å². The van der Waals surface area contributed by atoms with Crippen molar-refractivity contribution < 1.29 is 4.74 Å². The summed E-state index contributed by atoms with van der Waals surface area (Å²) >= 11 is 1.79. The van der Waals surface area contributed by atoms with Crippen molar-refractivity contribution in [3.8, 4) is 0 Å². The van der Waals surface area contributed by atoms with Crippen molar-refractivity contribution >= 4 is 16.5 Å². The lowest BCUT2D eigenvalue weighted by Gasteiger charge is -2.26. The van der Waals surface area contributed by atoms with E-state index in [0.29, 0.717) is 6.04 Å². The molecule has 0 amide bonds. The van der Waals surface area contributed by atoms with Crippen LogP contribution < -0.4 is 10.2 Å². The summed E-state index contributed by atoms with van der Waals surface area (Å²) in [6, 6.07) is 0.519. The highest BCUT2D eigenvalue weighted by atomic mass is 32.1. The van der Waals surface area contributed by atoms with E-state index in [1.54, 1.807) is 11.3 Å². The molecule has 1 aliphatic heterocycles. The summed E-state index contributed by atoms with van der Waals surface area (Å²) < 4.78 is 5.41. The number of nitrogens with one attached hydrogen (secondary N) is 1. The Morgan fingerprint density at radius 3 is 2.89 bits per heavy atom. The quantitative estimate of drug-likeness (QED) is 0.870. The number of hydrogen-bond acceptors (Lipinski definition) is 5. The SMILES string of the molecule is CC(C)NCc1cnc(N(C)CC2CCOCC2)s1. The third-order valence-corrected chi connectivity index (χ3v) is 4.54. The smallest absolute Gasteiger partial charge is 0.185 e. The normalized spacial score (nSPS) is 17.1. The van der Waals surface area contributed by atoms with Crippen LogP contribution in [0.3, 0.4) is 0 Å². The third kappa shape index (κ3) is 4.75. The molecular formula is C14H25N3OS. The second-order valence-electron chi connectivity index (χ2n) is 5.58. The van der Waals surface area contributed by atoms with Crippen LogP contribution in [0.4, 0.5) is 5.13 Å². The number of ether oxygens (including phenoxy) is 1. The van der Waals surface area contributed by atoms with Gasteiger partial charge in [-0.2, -0.15) is 0 Å². The molecule has 1 fully saturated rings. The number of anilines is 1. The maximum atomic E-state index is 5.41. The minimum Gasteiger partial charge on any atom is -0.381 e. The van der Waals surface area contributed by atoms with E-state index in [0.717, 1.165) is 37.4 Å². The Hall–Kier alpha value is -0.650. The van der Waals surface area contributed by atoms with E-state index < -0.39 is 0 Å². The van der Waals surface area contributed by atoms with Gasteiger partial charge < -0.3 is 15.0 Å². The summed E-state index contributed by atoms with van der Waals surface area (Å²) in [6.45, 7) is 8.17. The number of thiazole rings is 1. The van der Waals surface area contributed by atoms with E-state index >= 15 is 0 Å². The fourth-order valence-corrected chi connectivity index (χ4v) is 3.09. The molecule has 1 N–H and O–H groups in total. The van der Waals surface area contributed by atoms with Gasteiger partial charge in [-0.3, -0.25) is 0 Å². The number of hydrogen-bond donors (Lipinski definition) is 1. The van der Waals surface area contributed by atoms with Crippen molar-refractivity contribution in [1.29, 1.82) is 0 Å². The molecule has 1 aromatic rings. The van der Waals surface area contributed by atoms with Gasteiger partial charge in [-0.1, -0.05) is 13.8 Å². The highest BCUT2D eigenvalue weighted by Gasteiger charge is 2.17. The Kier molecular flexibility index (Phi) is 5.60. The van der Waals surface area contributed by atoms with Crippen LogP contribution in [0, 0.1) is 5.92 Å². The topological polar surface area (TPSA) is 37.4 Å². The highest BCUT2D eigenvalue weighted by molar-refractivity contribution is 7.15. The minimum absolute atomic E-state index is 0.519. The van der Waals surface area contributed by atoms with Gasteiger partial charge in [0.15, 0.2) is 5.13 Å². The highest BCUT2D eigenvalue weighted by Crippen LogP contribution is 2.24. The van der Waals surface area contributed by atoms with Gasteiger partial charge in [0.2, 0.25) is 0 Å². The lowest BCUT2D eigenvalue weighted by Crippen LogP contribution is -2.29. The summed E-state index contributed by atoms with van der Waals surface area (Å²) in [5.41, 5.74) is 0. The van der Waals surface area contributed by atoms with Crippen molar-refractivity contribution in [2.45, 2.75) is 39.3 Å². The molecule has 0 atom stereocenters. The largest absolute Gasteiger partial charge is 0.381 e. The van der Waals surface area contributed by atoms with E-state index in [1.165, 1.54) is 17.7 Å². The van der Waals surface area contributed by atoms with Crippen LogP contribution in [0.1, 0.15) is 31.6 Å². The molecule has 1 aliphatic rings. The van der Waals surface area contributed by atoms with Crippen LogP contribution in [-0.2, 0) is 11.3 Å². The van der Waals surface area contributed by atoms with Gasteiger partial charge in [-0.25, -0.2) is 4.98 Å². The van der Waals surface area contributed by atoms with Gasteiger partial charge in [0, 0.05) is 50.5 Å². The average Bonchev–Trinajstić information content (AvgIpc) is 2.86. The van der Waals surface area contributed by atoms with Crippen LogP contribution >= 0.6 is 11.3 Å². The van der Waals surface area contributed by atoms with E-state index in [1.807, 2.05) is 6.20 Å². The molecule has 19 heavy (non-hydrogen) atoms.